The number of aryl methyl sites for hydroxylation is 4. The zero-order valence-corrected chi connectivity index (χ0v) is 56.3. The highest BCUT2D eigenvalue weighted by Crippen LogP contribution is 2.39. The van der Waals surface area contributed by atoms with Gasteiger partial charge in [-0.25, -0.2) is 17.9 Å². The fourth-order valence-corrected chi connectivity index (χ4v) is 10.8. The van der Waals surface area contributed by atoms with Crippen LogP contribution >= 0.6 is 31.8 Å². The molecule has 1 saturated carbocycles. The number of nitrogens with one attached hydrogen (secondary N) is 1. The number of fused-ring (bicyclic) bond motifs is 2. The lowest BCUT2D eigenvalue weighted by Crippen LogP contribution is -2.26. The number of terminal acetylenes is 1. The molecule has 0 amide bonds. The summed E-state index contributed by atoms with van der Waals surface area (Å²) in [6.45, 7) is 27.3. The van der Waals surface area contributed by atoms with E-state index in [-0.39, 0.29) is 10.8 Å². The number of aromatic nitrogens is 7. The molecule has 5 aromatic rings. The van der Waals surface area contributed by atoms with E-state index in [9.17, 15) is 13.2 Å². The highest BCUT2D eigenvalue weighted by atomic mass is 35.5. The lowest BCUT2D eigenvalue weighted by molar-refractivity contribution is 0.126. The number of nitrogens with zero attached hydrogens (tertiary/aromatic N) is 8. The number of benzene rings is 2. The van der Waals surface area contributed by atoms with Gasteiger partial charge in [0.15, 0.2) is 5.65 Å². The number of rotatable bonds is 32. The molecule has 1 fully saturated rings. The molecule has 2 atom stereocenters. The van der Waals surface area contributed by atoms with Gasteiger partial charge in [0.25, 0.3) is 0 Å². The second-order valence-corrected chi connectivity index (χ2v) is 23.4. The standard InChI is InChI=1S/C40H59Cl2N9O.C10H22.C9H9F3.C3H6.C2H7P.C2H6.C2H2/c1-3-20-50-29-34(47-48-50)15-8-11-23-52-22-10-7-5-4-6-9-21-49(28-33-25-31-13-12-14-32(31)26-37(33)41)38-36-27-44-51(39(36)46-40(42)45-38)35-17-16-30(24-35)18-19-43-2;1-3-5-7-9-10-8-6-4-2;1-2-3-7-8(11)4-6(10)5-9(7)12;2*1-3-2;2*1-2/h25-27,29-30,35,43H,3-24,28H2,1-2H3;3-10H2,1-2H3;4-5H,2-3H2,1H3;3H,1H2,2H3;3H,1-2H3;1-2H3;1-2H. The summed E-state index contributed by atoms with van der Waals surface area (Å²) in [5.41, 5.74) is 5.89. The number of halogens is 5. The van der Waals surface area contributed by atoms with Crippen molar-refractivity contribution in [3.63, 3.8) is 0 Å². The number of allylic oxidation sites excluding steroid dienone is 1. The van der Waals surface area contributed by atoms with E-state index in [2.05, 4.69) is 97.1 Å². The van der Waals surface area contributed by atoms with Gasteiger partial charge in [-0.3, -0.25) is 4.68 Å². The molecule has 3 aromatic heterocycles. The molecule has 0 aliphatic heterocycles. The Morgan fingerprint density at radius 2 is 1.37 bits per heavy atom. The summed E-state index contributed by atoms with van der Waals surface area (Å²) in [7, 11) is 3.11. The van der Waals surface area contributed by atoms with Gasteiger partial charge in [0.1, 0.15) is 23.3 Å². The Morgan fingerprint density at radius 1 is 0.786 bits per heavy atom. The summed E-state index contributed by atoms with van der Waals surface area (Å²) >= 11 is 13.6. The van der Waals surface area contributed by atoms with Crippen molar-refractivity contribution in [1.82, 2.24) is 40.1 Å². The molecule has 2 aliphatic carbocycles. The molecule has 0 spiro atoms. The van der Waals surface area contributed by atoms with Crippen molar-refractivity contribution in [1.29, 1.82) is 0 Å². The van der Waals surface area contributed by atoms with Gasteiger partial charge >= 0.3 is 0 Å². The van der Waals surface area contributed by atoms with Crippen LogP contribution in [0.25, 0.3) is 11.0 Å². The van der Waals surface area contributed by atoms with Crippen molar-refractivity contribution >= 4 is 48.6 Å². The third-order valence-corrected chi connectivity index (χ3v) is 15.1. The van der Waals surface area contributed by atoms with Crippen LogP contribution in [0.1, 0.15) is 230 Å². The normalized spacial score (nSPS) is 13.7. The van der Waals surface area contributed by atoms with Crippen molar-refractivity contribution in [2.45, 2.75) is 241 Å². The number of hydrogen-bond donors (Lipinski definition) is 1. The minimum absolute atomic E-state index is 0.0288. The van der Waals surface area contributed by atoms with Crippen LogP contribution in [0.4, 0.5) is 19.0 Å². The van der Waals surface area contributed by atoms with Crippen LogP contribution in [-0.2, 0) is 43.5 Å². The molecule has 3 heterocycles. The molecule has 0 radical (unpaired) electrons. The Kier molecular flexibility index (Phi) is 46.4. The Balaban J connectivity index is 0.000000900. The average Bonchev–Trinajstić information content (AvgIpc) is 4.53. The van der Waals surface area contributed by atoms with E-state index < -0.39 is 17.5 Å². The SMILES string of the molecule is C#C.C=CC.CC.CCCCCCCCCC.CCCc1c(F)cc(F)cc1F.CCCn1cc(CCCCOCCCCCCCCN(Cc2cc3c(cc2Cl)CCC3)c2nc(Cl)nc3c2cnn3C2CCC(CCNC)C2)nn1.CPC. The Morgan fingerprint density at radius 3 is 1.96 bits per heavy atom. The molecule has 2 aromatic carbocycles. The van der Waals surface area contributed by atoms with Gasteiger partial charge in [-0.2, -0.15) is 15.1 Å². The monoisotopic (exact) mass is 1230 g/mol. The predicted octanol–water partition coefficient (Wildman–Crippen LogP) is 19.6. The van der Waals surface area contributed by atoms with Gasteiger partial charge in [-0.1, -0.05) is 154 Å². The third kappa shape index (κ3) is 31.0. The Hall–Kier alpha value is -4.05. The second-order valence-electron chi connectivity index (χ2n) is 21.6. The first-order valence-electron chi connectivity index (χ1n) is 32.1. The fourth-order valence-electron chi connectivity index (χ4n) is 10.4. The largest absolute Gasteiger partial charge is 0.381 e. The topological polar surface area (TPSA) is 98.8 Å². The van der Waals surface area contributed by atoms with Crippen LogP contribution in [0.5, 0.6) is 0 Å². The minimum Gasteiger partial charge on any atom is -0.381 e. The first kappa shape index (κ1) is 78.0. The number of anilines is 1. The van der Waals surface area contributed by atoms with E-state index in [0.29, 0.717) is 43.5 Å². The second kappa shape index (κ2) is 50.0. The van der Waals surface area contributed by atoms with Gasteiger partial charge in [-0.15, -0.1) is 33.1 Å². The maximum atomic E-state index is 12.8. The van der Waals surface area contributed by atoms with Crippen LogP contribution in [0, 0.1) is 36.2 Å². The molecule has 0 saturated heterocycles. The molecule has 0 bridgehead atoms. The predicted molar refractivity (Wildman–Crippen MR) is 357 cm³/mol. The van der Waals surface area contributed by atoms with E-state index in [4.69, 9.17) is 43.0 Å². The molecular weight excluding hydrogens is 1120 g/mol. The zero-order chi connectivity index (χ0) is 62.3. The van der Waals surface area contributed by atoms with Gasteiger partial charge < -0.3 is 15.0 Å². The molecule has 2 unspecified atom stereocenters. The van der Waals surface area contributed by atoms with Gasteiger partial charge in [0.2, 0.25) is 5.28 Å². The fraction of sp³-hybridized carbons (Fsp3) is 0.662. The van der Waals surface area contributed by atoms with Crippen molar-refractivity contribution in [2.24, 2.45) is 5.92 Å². The Labute approximate surface area is 520 Å². The quantitative estimate of drug-likeness (QED) is 0.0149. The van der Waals surface area contributed by atoms with Gasteiger partial charge in [-0.05, 0) is 164 Å². The van der Waals surface area contributed by atoms with Crippen LogP contribution in [0.15, 0.2) is 49.3 Å². The summed E-state index contributed by atoms with van der Waals surface area (Å²) in [4.78, 5) is 12.0. The molecule has 84 heavy (non-hydrogen) atoms. The smallest absolute Gasteiger partial charge is 0.226 e. The van der Waals surface area contributed by atoms with Crippen LogP contribution in [0.2, 0.25) is 10.3 Å². The van der Waals surface area contributed by atoms with Gasteiger partial charge in [0.05, 0.1) is 23.3 Å². The number of unbranched alkanes of at least 4 members (excludes halogenated alkanes) is 13. The summed E-state index contributed by atoms with van der Waals surface area (Å²) in [5.74, 6) is -0.892. The van der Waals surface area contributed by atoms with E-state index in [1.54, 1.807) is 6.08 Å². The van der Waals surface area contributed by atoms with Crippen LogP contribution in [-0.4, -0.2) is 81.4 Å². The van der Waals surface area contributed by atoms with E-state index in [1.807, 2.05) is 45.6 Å². The lowest BCUT2D eigenvalue weighted by Gasteiger charge is -2.25. The van der Waals surface area contributed by atoms with Crippen molar-refractivity contribution in [3.8, 4) is 12.8 Å². The van der Waals surface area contributed by atoms with Crippen molar-refractivity contribution in [3.05, 3.63) is 105 Å². The highest BCUT2D eigenvalue weighted by Gasteiger charge is 2.29. The summed E-state index contributed by atoms with van der Waals surface area (Å²) < 4.78 is 48.0. The Bertz CT molecular complexity index is 2440. The van der Waals surface area contributed by atoms with Gasteiger partial charge in [0, 0.05) is 61.8 Å². The van der Waals surface area contributed by atoms with E-state index in [1.165, 1.54) is 101 Å². The molecule has 16 heteroatoms. The molecule has 7 rings (SSSR count). The third-order valence-electron chi connectivity index (χ3n) is 14.5. The number of ether oxygens (including phenoxy) is 1. The molecule has 474 valence electrons. The zero-order valence-electron chi connectivity index (χ0n) is 53.8. The van der Waals surface area contributed by atoms with Crippen LogP contribution < -0.4 is 10.2 Å². The van der Waals surface area contributed by atoms with Crippen LogP contribution in [0.3, 0.4) is 0 Å². The molecule has 2 aliphatic rings. The molecule has 1 N–H and O–H groups in total. The average molecular weight is 1230 g/mol. The summed E-state index contributed by atoms with van der Waals surface area (Å²) in [6, 6.07) is 6.26. The molecule has 10 nitrogen and oxygen atoms in total. The van der Waals surface area contributed by atoms with Crippen molar-refractivity contribution < 1.29 is 17.9 Å². The summed E-state index contributed by atoms with van der Waals surface area (Å²) in [5, 5.41) is 18.8. The number of hydrogen-bond acceptors (Lipinski definition) is 8. The summed E-state index contributed by atoms with van der Waals surface area (Å²) in [6.07, 6.45) is 45.5. The minimum atomic E-state index is -0.871. The highest BCUT2D eigenvalue weighted by molar-refractivity contribution is 7.35. The first-order valence-corrected chi connectivity index (χ1v) is 34.9. The first-order chi connectivity index (χ1) is 40.9. The van der Waals surface area contributed by atoms with E-state index in [0.717, 1.165) is 145 Å². The van der Waals surface area contributed by atoms with Crippen molar-refractivity contribution in [2.75, 3.05) is 51.6 Å². The lowest BCUT2D eigenvalue weighted by atomic mass is 10.0. The molecular formula is C68H111Cl2F3N9OP. The maximum absolute atomic E-state index is 12.8. The maximum Gasteiger partial charge on any atom is 0.226 e. The van der Waals surface area contributed by atoms with E-state index >= 15 is 0 Å².